The Morgan fingerprint density at radius 3 is 0.660 bits per heavy atom. The summed E-state index contributed by atoms with van der Waals surface area (Å²) in [4.78, 5) is 22.5. The molecule has 0 unspecified atom stereocenters. The number of esters is 2. The van der Waals surface area contributed by atoms with Crippen LogP contribution in [0.1, 0.15) is 0 Å². The quantitative estimate of drug-likeness (QED) is 0.121. The number of alkyl halides is 28. The molecular weight excluding hydrogens is 776 g/mol. The van der Waals surface area contributed by atoms with Crippen LogP contribution in [0.2, 0.25) is 0 Å². The average Bonchev–Trinajstić information content (AvgIpc) is 2.79. The van der Waals surface area contributed by atoms with Gasteiger partial charge in [0.05, 0.1) is 0 Å². The van der Waals surface area contributed by atoms with E-state index in [9.17, 15) is 133 Å². The minimum Gasteiger partial charge on any atom is -0.391 e. The fourth-order valence-electron chi connectivity index (χ4n) is 2.21. The van der Waals surface area contributed by atoms with Gasteiger partial charge in [-0.15, -0.1) is 0 Å². The van der Waals surface area contributed by atoms with Crippen molar-refractivity contribution in [3.05, 3.63) is 0 Å². The normalized spacial score (nSPS) is 16.3. The second-order valence-corrected chi connectivity index (χ2v) is 7.99. The van der Waals surface area contributed by atoms with Crippen molar-refractivity contribution in [3.63, 3.8) is 0 Å². The lowest BCUT2D eigenvalue weighted by Crippen LogP contribution is -2.77. The maximum atomic E-state index is 14.7. The van der Waals surface area contributed by atoms with E-state index in [2.05, 4.69) is 0 Å². The molecule has 0 fully saturated rings. The summed E-state index contributed by atoms with van der Waals surface area (Å²) in [6.07, 6.45) is -39.4. The van der Waals surface area contributed by atoms with E-state index in [0.29, 0.717) is 0 Å². The summed E-state index contributed by atoms with van der Waals surface area (Å²) in [5.74, 6) is -78.0. The Balaban J connectivity index is 7.83. The van der Waals surface area contributed by atoms with Crippen LogP contribution < -0.4 is 0 Å². The molecule has 0 aliphatic rings. The van der Waals surface area contributed by atoms with Crippen molar-refractivity contribution in [1.82, 2.24) is 0 Å². The highest BCUT2D eigenvalue weighted by Crippen LogP contribution is 2.65. The molecule has 0 radical (unpaired) electrons. The van der Waals surface area contributed by atoms with Gasteiger partial charge < -0.3 is 9.47 Å². The van der Waals surface area contributed by atoms with Gasteiger partial charge in [0.15, 0.2) is 0 Å². The molecule has 0 saturated carbocycles. The first kappa shape index (κ1) is 44.0. The lowest BCUT2D eigenvalue weighted by atomic mass is 9.83. The monoisotopic (exact) mass is 776 g/mol. The molecule has 32 heteroatoms. The first-order valence-corrected chi connectivity index (χ1v) is 9.52. The average molecular weight is 776 g/mol. The minimum atomic E-state index is -9.81. The number of hydrogen-bond donors (Lipinski definition) is 0. The van der Waals surface area contributed by atoms with E-state index < -0.39 is 89.8 Å². The Bertz CT molecular complexity index is 1150. The van der Waals surface area contributed by atoms with Gasteiger partial charge in [-0.05, 0) is 0 Å². The second kappa shape index (κ2) is 11.0. The van der Waals surface area contributed by atoms with Crippen LogP contribution in [0.3, 0.4) is 0 Å². The smallest absolute Gasteiger partial charge is 0.391 e. The van der Waals surface area contributed by atoms with Gasteiger partial charge in [0.2, 0.25) is 0 Å². The largest absolute Gasteiger partial charge is 0.501 e. The van der Waals surface area contributed by atoms with Crippen LogP contribution in [0.5, 0.6) is 0 Å². The van der Waals surface area contributed by atoms with E-state index in [1.165, 1.54) is 9.47 Å². The molecule has 0 amide bonds. The third kappa shape index (κ3) is 6.08. The maximum absolute atomic E-state index is 14.7. The Labute approximate surface area is 233 Å². The molecule has 0 aromatic heterocycles. The molecule has 0 spiro atoms. The summed E-state index contributed by atoms with van der Waals surface area (Å²) in [6.45, 7) is 0. The highest BCUT2D eigenvalue weighted by atomic mass is 19.4. The van der Waals surface area contributed by atoms with Crippen LogP contribution in [0.15, 0.2) is 0 Å². The molecule has 4 nitrogen and oxygen atoms in total. The number of rotatable bonds is 11. The predicted molar refractivity (Wildman–Crippen MR) is 78.7 cm³/mol. The van der Waals surface area contributed by atoms with Crippen LogP contribution in [0, 0.1) is 0 Å². The molecule has 0 atom stereocenters. The molecule has 0 saturated heterocycles. The SMILES string of the molecule is O=C(OC(F)(F)C(F)(F)F)C(F)(C(=O)OC(F)(F)C(F)(F)F)C(F)(F)C(F)(F)C(F)(F)C(F)(F)C(F)(F)C(F)(F)C(F)(F)C(F)(F)F. The molecule has 0 aromatic rings. The highest BCUT2D eigenvalue weighted by Gasteiger charge is 2.98. The Morgan fingerprint density at radius 2 is 0.468 bits per heavy atom. The zero-order valence-electron chi connectivity index (χ0n) is 19.7. The highest BCUT2D eigenvalue weighted by molar-refractivity contribution is 6.05. The minimum absolute atomic E-state index is 1.33. The first-order chi connectivity index (χ1) is 19.8. The van der Waals surface area contributed by atoms with Crippen LogP contribution >= 0.6 is 0 Å². The third-order valence-corrected chi connectivity index (χ3v) is 4.82. The van der Waals surface area contributed by atoms with Crippen molar-refractivity contribution in [2.24, 2.45) is 0 Å². The number of carbonyl (C=O) groups excluding carboxylic acids is 2. The number of carbonyl (C=O) groups is 2. The van der Waals surface area contributed by atoms with Crippen molar-refractivity contribution in [3.8, 4) is 0 Å². The van der Waals surface area contributed by atoms with Crippen molar-refractivity contribution >= 4 is 11.9 Å². The van der Waals surface area contributed by atoms with Gasteiger partial charge >= 0.3 is 89.8 Å². The standard InChI is InChI=1S/C15F28O4/c16-3(1(44)46-14(40,41)12(34,35)36,2(45)47-15(42,43)13(37,38)39)4(17,18)5(19,20)6(21,22)7(23,24)8(25,26)9(27,28)10(29,30)11(31,32)33. The number of halogens is 28. The molecule has 0 bridgehead atoms. The van der Waals surface area contributed by atoms with E-state index in [-0.39, 0.29) is 0 Å². The van der Waals surface area contributed by atoms with E-state index in [4.69, 9.17) is 0 Å². The summed E-state index contributed by atoms with van der Waals surface area (Å²) < 4.78 is 368. The zero-order valence-corrected chi connectivity index (χ0v) is 19.7. The Kier molecular flexibility index (Phi) is 10.3. The van der Waals surface area contributed by atoms with Gasteiger partial charge in [0.1, 0.15) is 0 Å². The fraction of sp³-hybridized carbons (Fsp3) is 0.867. The van der Waals surface area contributed by atoms with Crippen molar-refractivity contribution in [2.45, 2.75) is 77.9 Å². The maximum Gasteiger partial charge on any atom is 0.501 e. The topological polar surface area (TPSA) is 52.6 Å². The van der Waals surface area contributed by atoms with Gasteiger partial charge in [-0.1, -0.05) is 0 Å². The molecule has 0 N–H and O–H groups in total. The lowest BCUT2D eigenvalue weighted by Gasteiger charge is -2.44. The van der Waals surface area contributed by atoms with Gasteiger partial charge in [-0.25, -0.2) is 14.0 Å². The van der Waals surface area contributed by atoms with Gasteiger partial charge in [-0.2, -0.15) is 119 Å². The van der Waals surface area contributed by atoms with Crippen molar-refractivity contribution < 1.29 is 142 Å². The van der Waals surface area contributed by atoms with Gasteiger partial charge in [0, 0.05) is 0 Å². The van der Waals surface area contributed by atoms with E-state index in [0.717, 1.165) is 0 Å². The fourth-order valence-corrected chi connectivity index (χ4v) is 2.21. The van der Waals surface area contributed by atoms with E-state index in [1.807, 2.05) is 0 Å². The van der Waals surface area contributed by atoms with Crippen LogP contribution in [-0.2, 0) is 19.1 Å². The Hall–Kier alpha value is -3.02. The second-order valence-electron chi connectivity index (χ2n) is 7.99. The molecule has 0 rings (SSSR count). The van der Waals surface area contributed by atoms with E-state index in [1.54, 1.807) is 0 Å². The van der Waals surface area contributed by atoms with Gasteiger partial charge in [0.25, 0.3) is 0 Å². The molecule has 0 heterocycles. The molecule has 47 heavy (non-hydrogen) atoms. The van der Waals surface area contributed by atoms with Crippen molar-refractivity contribution in [2.75, 3.05) is 0 Å². The first-order valence-electron chi connectivity index (χ1n) is 9.52. The zero-order chi connectivity index (χ0) is 39.1. The summed E-state index contributed by atoms with van der Waals surface area (Å²) in [5.41, 5.74) is -8.74. The lowest BCUT2D eigenvalue weighted by molar-refractivity contribution is -0.465. The number of hydrogen-bond acceptors (Lipinski definition) is 4. The van der Waals surface area contributed by atoms with E-state index >= 15 is 0 Å². The molecule has 0 aliphatic carbocycles. The summed E-state index contributed by atoms with van der Waals surface area (Å²) in [6, 6.07) is 0. The Morgan fingerprint density at radius 1 is 0.277 bits per heavy atom. The number of ether oxygens (including phenoxy) is 2. The molecule has 0 aromatic carbocycles. The van der Waals surface area contributed by atoms with Crippen LogP contribution in [0.4, 0.5) is 123 Å². The molecule has 280 valence electrons. The van der Waals surface area contributed by atoms with Crippen molar-refractivity contribution in [1.29, 1.82) is 0 Å². The van der Waals surface area contributed by atoms with Crippen LogP contribution in [-0.4, -0.2) is 89.8 Å². The van der Waals surface area contributed by atoms with Crippen LogP contribution in [0.25, 0.3) is 0 Å². The third-order valence-electron chi connectivity index (χ3n) is 4.82. The predicted octanol–water partition coefficient (Wildman–Crippen LogP) is 8.10. The molecular formula is C15F28O4. The summed E-state index contributed by atoms with van der Waals surface area (Å²) in [7, 11) is 0. The van der Waals surface area contributed by atoms with Gasteiger partial charge in [-0.3, -0.25) is 0 Å². The summed E-state index contributed by atoms with van der Waals surface area (Å²) >= 11 is 0. The molecule has 0 aliphatic heterocycles. The summed E-state index contributed by atoms with van der Waals surface area (Å²) in [5, 5.41) is 0.